The van der Waals surface area contributed by atoms with E-state index >= 15 is 0 Å². The Bertz CT molecular complexity index is 509. The van der Waals surface area contributed by atoms with Gasteiger partial charge in [-0.1, -0.05) is 21.1 Å². The molecule has 0 aliphatic heterocycles. The van der Waals surface area contributed by atoms with Gasteiger partial charge in [-0.15, -0.1) is 0 Å². The Balaban J connectivity index is 2.57. The van der Waals surface area contributed by atoms with Gasteiger partial charge < -0.3 is 9.26 Å². The molecule has 0 spiro atoms. The molecule has 0 saturated heterocycles. The van der Waals surface area contributed by atoms with Crippen LogP contribution in [0.4, 0.5) is 0 Å². The van der Waals surface area contributed by atoms with Crippen LogP contribution >= 0.6 is 15.9 Å². The number of methoxy groups -OCH3 is 1. The van der Waals surface area contributed by atoms with Crippen LogP contribution in [0, 0.1) is 0 Å². The first-order valence-electron chi connectivity index (χ1n) is 4.15. The molecule has 0 fully saturated rings. The Kier molecular flexibility index (Phi) is 2.68. The Morgan fingerprint density at radius 1 is 1.67 bits per heavy atom. The van der Waals surface area contributed by atoms with E-state index < -0.39 is 5.97 Å². The third-order valence-corrected chi connectivity index (χ3v) is 2.48. The fraction of sp³-hybridized carbons (Fsp3) is 0.222. The lowest BCUT2D eigenvalue weighted by Gasteiger charge is -1.97. The summed E-state index contributed by atoms with van der Waals surface area (Å²) in [6.07, 6.45) is 1.40. The number of esters is 1. The van der Waals surface area contributed by atoms with Gasteiger partial charge in [-0.25, -0.2) is 9.78 Å². The number of alkyl halides is 1. The van der Waals surface area contributed by atoms with Crippen LogP contribution < -0.4 is 0 Å². The lowest BCUT2D eigenvalue weighted by molar-refractivity contribution is 0.0600. The SMILES string of the molecule is COC(=O)c1cnc2onc(CBr)c2c1. The second kappa shape index (κ2) is 3.98. The van der Waals surface area contributed by atoms with Gasteiger partial charge in [-0.05, 0) is 6.07 Å². The number of hydrogen-bond donors (Lipinski definition) is 0. The van der Waals surface area contributed by atoms with Crippen LogP contribution in [0.25, 0.3) is 11.1 Å². The van der Waals surface area contributed by atoms with Gasteiger partial charge >= 0.3 is 5.97 Å². The second-order valence-electron chi connectivity index (χ2n) is 2.83. The van der Waals surface area contributed by atoms with Crippen molar-refractivity contribution in [3.05, 3.63) is 23.5 Å². The van der Waals surface area contributed by atoms with Crippen molar-refractivity contribution in [1.29, 1.82) is 0 Å². The minimum atomic E-state index is -0.425. The number of ether oxygens (including phenoxy) is 1. The summed E-state index contributed by atoms with van der Waals surface area (Å²) in [6.45, 7) is 0. The highest BCUT2D eigenvalue weighted by Crippen LogP contribution is 2.19. The number of aromatic nitrogens is 2. The Labute approximate surface area is 93.5 Å². The third-order valence-electron chi connectivity index (χ3n) is 1.95. The molecule has 2 aromatic rings. The average Bonchev–Trinajstić information content (AvgIpc) is 2.69. The van der Waals surface area contributed by atoms with Crippen molar-refractivity contribution in [2.24, 2.45) is 0 Å². The molecule has 0 aliphatic rings. The van der Waals surface area contributed by atoms with E-state index in [0.29, 0.717) is 22.3 Å². The van der Waals surface area contributed by atoms with E-state index in [4.69, 9.17) is 4.52 Å². The normalized spacial score (nSPS) is 10.5. The largest absolute Gasteiger partial charge is 0.465 e. The molecule has 0 N–H and O–H groups in total. The van der Waals surface area contributed by atoms with Crippen LogP contribution in [0.3, 0.4) is 0 Å². The number of halogens is 1. The Morgan fingerprint density at radius 2 is 2.47 bits per heavy atom. The summed E-state index contributed by atoms with van der Waals surface area (Å²) in [6, 6.07) is 1.65. The van der Waals surface area contributed by atoms with Crippen LogP contribution in [0.2, 0.25) is 0 Å². The van der Waals surface area contributed by atoms with Crippen molar-refractivity contribution in [3.63, 3.8) is 0 Å². The van der Waals surface area contributed by atoms with Crippen molar-refractivity contribution in [2.45, 2.75) is 5.33 Å². The lowest BCUT2D eigenvalue weighted by Crippen LogP contribution is -2.01. The molecule has 0 aromatic carbocycles. The molecule has 2 rings (SSSR count). The average molecular weight is 271 g/mol. The van der Waals surface area contributed by atoms with E-state index in [-0.39, 0.29) is 0 Å². The standard InChI is InChI=1S/C9H7BrN2O3/c1-14-9(13)5-2-6-7(3-10)12-15-8(6)11-4-5/h2,4H,3H2,1H3. The highest BCUT2D eigenvalue weighted by Gasteiger charge is 2.12. The first-order chi connectivity index (χ1) is 7.26. The number of nitrogens with zero attached hydrogens (tertiary/aromatic N) is 2. The van der Waals surface area contributed by atoms with E-state index in [1.807, 2.05) is 0 Å². The molecule has 6 heteroatoms. The summed E-state index contributed by atoms with van der Waals surface area (Å²) in [4.78, 5) is 15.2. The van der Waals surface area contributed by atoms with Gasteiger partial charge in [0.15, 0.2) is 0 Å². The minimum absolute atomic E-state index is 0.385. The van der Waals surface area contributed by atoms with E-state index in [0.717, 1.165) is 5.39 Å². The maximum atomic E-state index is 11.3. The zero-order chi connectivity index (χ0) is 10.8. The molecular formula is C9H7BrN2O3. The summed E-state index contributed by atoms with van der Waals surface area (Å²) >= 11 is 3.27. The lowest BCUT2D eigenvalue weighted by atomic mass is 10.2. The van der Waals surface area contributed by atoms with Crippen molar-refractivity contribution < 1.29 is 14.1 Å². The molecular weight excluding hydrogens is 264 g/mol. The summed E-state index contributed by atoms with van der Waals surface area (Å²) < 4.78 is 9.56. The maximum Gasteiger partial charge on any atom is 0.339 e. The van der Waals surface area contributed by atoms with Gasteiger partial charge in [0.2, 0.25) is 0 Å². The number of carbonyl (C=O) groups is 1. The molecule has 78 valence electrons. The van der Waals surface area contributed by atoms with Crippen LogP contribution in [0.1, 0.15) is 16.1 Å². The van der Waals surface area contributed by atoms with Gasteiger partial charge in [0, 0.05) is 11.5 Å². The Morgan fingerprint density at radius 3 is 3.13 bits per heavy atom. The molecule has 2 heterocycles. The number of pyridine rings is 1. The van der Waals surface area contributed by atoms with Crippen LogP contribution in [0.5, 0.6) is 0 Å². The highest BCUT2D eigenvalue weighted by atomic mass is 79.9. The van der Waals surface area contributed by atoms with Crippen LogP contribution in [0.15, 0.2) is 16.8 Å². The number of hydrogen-bond acceptors (Lipinski definition) is 5. The van der Waals surface area contributed by atoms with Crippen LogP contribution in [-0.2, 0) is 10.1 Å². The minimum Gasteiger partial charge on any atom is -0.465 e. The zero-order valence-electron chi connectivity index (χ0n) is 7.86. The topological polar surface area (TPSA) is 65.2 Å². The first-order valence-corrected chi connectivity index (χ1v) is 5.27. The summed E-state index contributed by atoms with van der Waals surface area (Å²) in [5.74, 6) is -0.425. The fourth-order valence-corrected chi connectivity index (χ4v) is 1.61. The quantitative estimate of drug-likeness (QED) is 0.616. The summed E-state index contributed by atoms with van der Waals surface area (Å²) in [7, 11) is 1.32. The molecule has 2 aromatic heterocycles. The molecule has 0 unspecified atom stereocenters. The zero-order valence-corrected chi connectivity index (χ0v) is 9.44. The van der Waals surface area contributed by atoms with E-state index in [2.05, 4.69) is 30.8 Å². The van der Waals surface area contributed by atoms with Gasteiger partial charge in [0.25, 0.3) is 5.71 Å². The highest BCUT2D eigenvalue weighted by molar-refractivity contribution is 9.08. The summed E-state index contributed by atoms with van der Waals surface area (Å²) in [5, 5.41) is 5.07. The smallest absolute Gasteiger partial charge is 0.339 e. The van der Waals surface area contributed by atoms with E-state index in [9.17, 15) is 4.79 Å². The van der Waals surface area contributed by atoms with Crippen molar-refractivity contribution in [2.75, 3.05) is 7.11 Å². The first kappa shape index (κ1) is 10.1. The van der Waals surface area contributed by atoms with E-state index in [1.165, 1.54) is 13.3 Å². The molecule has 0 amide bonds. The van der Waals surface area contributed by atoms with Gasteiger partial charge in [-0.2, -0.15) is 0 Å². The molecule has 0 aliphatic carbocycles. The summed E-state index contributed by atoms with van der Waals surface area (Å²) in [5.41, 5.74) is 1.51. The molecule has 0 bridgehead atoms. The van der Waals surface area contributed by atoms with Crippen molar-refractivity contribution >= 4 is 33.0 Å². The van der Waals surface area contributed by atoms with Crippen molar-refractivity contribution in [1.82, 2.24) is 10.1 Å². The fourth-order valence-electron chi connectivity index (χ4n) is 1.21. The Hall–Kier alpha value is -1.43. The molecule has 0 saturated carbocycles. The van der Waals surface area contributed by atoms with Gasteiger partial charge in [0.1, 0.15) is 5.69 Å². The number of carbonyl (C=O) groups excluding carboxylic acids is 1. The molecule has 15 heavy (non-hydrogen) atoms. The van der Waals surface area contributed by atoms with Crippen molar-refractivity contribution in [3.8, 4) is 0 Å². The predicted molar refractivity (Wildman–Crippen MR) is 55.8 cm³/mol. The molecule has 5 nitrogen and oxygen atoms in total. The van der Waals surface area contributed by atoms with Gasteiger partial charge in [-0.3, -0.25) is 0 Å². The third kappa shape index (κ3) is 1.72. The molecule has 0 radical (unpaired) electrons. The second-order valence-corrected chi connectivity index (χ2v) is 3.39. The van der Waals surface area contributed by atoms with E-state index in [1.54, 1.807) is 6.07 Å². The van der Waals surface area contributed by atoms with Gasteiger partial charge in [0.05, 0.1) is 18.1 Å². The maximum absolute atomic E-state index is 11.3. The monoisotopic (exact) mass is 270 g/mol. The van der Waals surface area contributed by atoms with Crippen LogP contribution in [-0.4, -0.2) is 23.2 Å². The predicted octanol–water partition coefficient (Wildman–Crippen LogP) is 1.90. The molecule has 0 atom stereocenters. The number of fused-ring (bicyclic) bond motifs is 1. The number of rotatable bonds is 2.